The Morgan fingerprint density at radius 1 is 1.43 bits per heavy atom. The van der Waals surface area contributed by atoms with E-state index in [0.29, 0.717) is 16.3 Å². The number of anilines is 1. The summed E-state index contributed by atoms with van der Waals surface area (Å²) in [7, 11) is 1.54. The number of nitrogens with one attached hydrogen (secondary N) is 2. The minimum atomic E-state index is -1.60. The maximum atomic E-state index is 14.1. The Morgan fingerprint density at radius 2 is 2.07 bits per heavy atom. The number of halogens is 2. The highest BCUT2D eigenvalue weighted by atomic mass is 35.5. The summed E-state index contributed by atoms with van der Waals surface area (Å²) in [5, 5.41) is 5.99. The van der Waals surface area contributed by atoms with E-state index in [9.17, 15) is 18.8 Å². The van der Waals surface area contributed by atoms with Crippen molar-refractivity contribution in [2.45, 2.75) is 50.9 Å². The van der Waals surface area contributed by atoms with Crippen molar-refractivity contribution < 1.29 is 18.8 Å². The summed E-state index contributed by atoms with van der Waals surface area (Å²) < 4.78 is 14.1. The van der Waals surface area contributed by atoms with Crippen LogP contribution < -0.4 is 16.4 Å². The average molecular weight is 413 g/mol. The molecule has 0 spiro atoms. The lowest BCUT2D eigenvalue weighted by Gasteiger charge is -2.33. The molecule has 3 atom stereocenters. The molecule has 0 saturated heterocycles. The molecule has 4 N–H and O–H groups in total. The minimum Gasteiger partial charge on any atom is -0.368 e. The number of benzene rings is 1. The predicted octanol–water partition coefficient (Wildman–Crippen LogP) is 1.80. The highest BCUT2D eigenvalue weighted by Gasteiger charge is 2.38. The largest absolute Gasteiger partial charge is 0.368 e. The summed E-state index contributed by atoms with van der Waals surface area (Å²) in [6.45, 7) is 4.15. The minimum absolute atomic E-state index is 0.0764. The molecular weight excluding hydrogens is 387 g/mol. The fourth-order valence-electron chi connectivity index (χ4n) is 3.27. The maximum absolute atomic E-state index is 14.1. The number of carbonyl (C=O) groups excluding carboxylic acids is 3. The number of rotatable bonds is 8. The number of carbonyl (C=O) groups is 3. The van der Waals surface area contributed by atoms with Crippen molar-refractivity contribution in [3.05, 3.63) is 28.8 Å². The average Bonchev–Trinajstić information content (AvgIpc) is 2.90. The van der Waals surface area contributed by atoms with Crippen LogP contribution in [0.4, 0.5) is 10.1 Å². The lowest BCUT2D eigenvalue weighted by Crippen LogP contribution is -2.55. The highest BCUT2D eigenvalue weighted by Crippen LogP contribution is 2.35. The molecule has 0 fully saturated rings. The van der Waals surface area contributed by atoms with Crippen LogP contribution in [-0.4, -0.2) is 54.0 Å². The van der Waals surface area contributed by atoms with Crippen LogP contribution in [-0.2, 0) is 14.4 Å². The zero-order chi connectivity index (χ0) is 21.2. The van der Waals surface area contributed by atoms with Gasteiger partial charge in [-0.3, -0.25) is 14.4 Å². The molecule has 154 valence electrons. The Bertz CT molecular complexity index is 781. The van der Waals surface area contributed by atoms with Gasteiger partial charge in [0.25, 0.3) is 0 Å². The van der Waals surface area contributed by atoms with Crippen LogP contribution in [0.3, 0.4) is 0 Å². The van der Waals surface area contributed by atoms with Crippen LogP contribution in [0.15, 0.2) is 18.2 Å². The molecule has 2 unspecified atom stereocenters. The highest BCUT2D eigenvalue weighted by molar-refractivity contribution is 6.31. The number of hydrogen-bond acceptors (Lipinski definition) is 4. The van der Waals surface area contributed by atoms with E-state index in [2.05, 4.69) is 10.6 Å². The van der Waals surface area contributed by atoms with Gasteiger partial charge in [-0.25, -0.2) is 4.39 Å². The zero-order valence-corrected chi connectivity index (χ0v) is 17.1. The molecule has 1 aromatic rings. The van der Waals surface area contributed by atoms with Gasteiger partial charge >= 0.3 is 0 Å². The summed E-state index contributed by atoms with van der Waals surface area (Å²) in [5.41, 5.74) is 5.06. The number of likely N-dealkylation sites (N-methyl/N-ethyl adjacent to an activating group) is 1. The van der Waals surface area contributed by atoms with Crippen LogP contribution >= 0.6 is 11.6 Å². The molecule has 7 nitrogen and oxygen atoms in total. The van der Waals surface area contributed by atoms with Crippen molar-refractivity contribution in [2.24, 2.45) is 5.73 Å². The molecule has 0 bridgehead atoms. The van der Waals surface area contributed by atoms with Gasteiger partial charge < -0.3 is 21.3 Å². The zero-order valence-electron chi connectivity index (χ0n) is 16.4. The molecule has 1 heterocycles. The first kappa shape index (κ1) is 22.1. The summed E-state index contributed by atoms with van der Waals surface area (Å²) in [6.07, 6.45) is -0.0937. The van der Waals surface area contributed by atoms with Crippen molar-refractivity contribution in [3.63, 3.8) is 0 Å². The Balaban J connectivity index is 2.35. The number of nitrogens with zero attached hydrogens (tertiary/aromatic N) is 1. The number of amides is 3. The number of nitrogens with two attached hydrogens (primary N) is 1. The van der Waals surface area contributed by atoms with Crippen molar-refractivity contribution in [3.8, 4) is 0 Å². The summed E-state index contributed by atoms with van der Waals surface area (Å²) in [6, 6.07) is 3.14. The maximum Gasteiger partial charge on any atom is 0.240 e. The summed E-state index contributed by atoms with van der Waals surface area (Å²) in [4.78, 5) is 38.6. The van der Waals surface area contributed by atoms with E-state index in [1.165, 1.54) is 25.7 Å². The third kappa shape index (κ3) is 4.99. The molecule has 0 aromatic heterocycles. The van der Waals surface area contributed by atoms with E-state index in [1.807, 2.05) is 0 Å². The fourth-order valence-corrected chi connectivity index (χ4v) is 3.45. The van der Waals surface area contributed by atoms with Gasteiger partial charge in [-0.15, -0.1) is 0 Å². The van der Waals surface area contributed by atoms with E-state index in [4.69, 9.17) is 17.3 Å². The number of fused-ring (bicyclic) bond motifs is 1. The Labute approximate surface area is 168 Å². The van der Waals surface area contributed by atoms with Crippen molar-refractivity contribution >= 4 is 35.0 Å². The van der Waals surface area contributed by atoms with Crippen molar-refractivity contribution in [2.75, 3.05) is 18.9 Å². The van der Waals surface area contributed by atoms with Crippen LogP contribution in [0.1, 0.15) is 38.7 Å². The molecule has 0 aliphatic carbocycles. The van der Waals surface area contributed by atoms with Crippen molar-refractivity contribution in [1.29, 1.82) is 0 Å². The van der Waals surface area contributed by atoms with Gasteiger partial charge in [-0.2, -0.15) is 0 Å². The van der Waals surface area contributed by atoms with Crippen LogP contribution in [0, 0.1) is 0 Å². The monoisotopic (exact) mass is 412 g/mol. The normalized spacial score (nSPS) is 18.2. The van der Waals surface area contributed by atoms with E-state index >= 15 is 0 Å². The first-order chi connectivity index (χ1) is 12.9. The van der Waals surface area contributed by atoms with Gasteiger partial charge in [0.1, 0.15) is 11.7 Å². The third-order valence-corrected chi connectivity index (χ3v) is 5.08. The Morgan fingerprint density at radius 3 is 2.61 bits per heavy atom. The topological polar surface area (TPSA) is 105 Å². The molecule has 2 rings (SSSR count). The van der Waals surface area contributed by atoms with E-state index < -0.39 is 35.5 Å². The van der Waals surface area contributed by atoms with Gasteiger partial charge in [0.15, 0.2) is 0 Å². The second kappa shape index (κ2) is 8.45. The molecule has 3 amide bonds. The molecular formula is C19H26ClFN4O3. The standard InChI is InChI=1S/C19H26ClFN4O3/c1-10(16(22)26)25(18(28)15(23-4)8-19(2,3)21)9-13-12-7-11(20)5-6-14(12)24-17(13)27/h5-7,10,13,15,23H,8-9H2,1-4H3,(H2,22,26)(H,24,27)/t10-,13?,15?/m0/s1. The van der Waals surface area contributed by atoms with Gasteiger partial charge in [0, 0.05) is 23.7 Å². The van der Waals surface area contributed by atoms with Crippen LogP contribution in [0.5, 0.6) is 0 Å². The molecule has 1 aliphatic heterocycles. The molecule has 0 saturated carbocycles. The smallest absolute Gasteiger partial charge is 0.240 e. The van der Waals surface area contributed by atoms with E-state index in [0.717, 1.165) is 0 Å². The second-order valence-electron chi connectivity index (χ2n) is 7.61. The third-order valence-electron chi connectivity index (χ3n) is 4.84. The van der Waals surface area contributed by atoms with Gasteiger partial charge in [-0.05, 0) is 51.6 Å². The SMILES string of the molecule is CNC(CC(C)(C)F)C(=O)N(CC1C(=O)Nc2ccc(Cl)cc21)[C@@H](C)C(N)=O. The van der Waals surface area contributed by atoms with E-state index in [1.54, 1.807) is 25.2 Å². The van der Waals surface area contributed by atoms with Gasteiger partial charge in [0.05, 0.1) is 12.0 Å². The number of hydrogen-bond donors (Lipinski definition) is 3. The first-order valence-electron chi connectivity index (χ1n) is 9.01. The van der Waals surface area contributed by atoms with Gasteiger partial charge in [0.2, 0.25) is 17.7 Å². The van der Waals surface area contributed by atoms with Crippen LogP contribution in [0.2, 0.25) is 5.02 Å². The first-order valence-corrected chi connectivity index (χ1v) is 9.38. The van der Waals surface area contributed by atoms with Crippen LogP contribution in [0.25, 0.3) is 0 Å². The van der Waals surface area contributed by atoms with E-state index in [-0.39, 0.29) is 18.9 Å². The van der Waals surface area contributed by atoms with Crippen molar-refractivity contribution in [1.82, 2.24) is 10.2 Å². The molecule has 0 radical (unpaired) electrons. The quantitative estimate of drug-likeness (QED) is 0.605. The lowest BCUT2D eigenvalue weighted by molar-refractivity contribution is -0.141. The van der Waals surface area contributed by atoms with Gasteiger partial charge in [-0.1, -0.05) is 11.6 Å². The second-order valence-corrected chi connectivity index (χ2v) is 8.04. The summed E-state index contributed by atoms with van der Waals surface area (Å²) >= 11 is 6.05. The Kier molecular flexibility index (Phi) is 6.67. The predicted molar refractivity (Wildman–Crippen MR) is 106 cm³/mol. The number of alkyl halides is 1. The fraction of sp³-hybridized carbons (Fsp3) is 0.526. The number of primary amides is 1. The Hall–Kier alpha value is -2.19. The summed E-state index contributed by atoms with van der Waals surface area (Å²) in [5.74, 6) is -2.23. The molecule has 1 aromatic carbocycles. The molecule has 1 aliphatic rings. The molecule has 28 heavy (non-hydrogen) atoms. The molecule has 9 heteroatoms. The lowest BCUT2D eigenvalue weighted by atomic mass is 9.96.